The van der Waals surface area contributed by atoms with Gasteiger partial charge in [-0.3, -0.25) is 9.78 Å². The highest BCUT2D eigenvalue weighted by Gasteiger charge is 2.11. The van der Waals surface area contributed by atoms with Crippen LogP contribution < -0.4 is 5.32 Å². The molecule has 0 aliphatic carbocycles. The molecule has 0 aliphatic rings. The van der Waals surface area contributed by atoms with Crippen molar-refractivity contribution >= 4 is 5.91 Å². The van der Waals surface area contributed by atoms with Gasteiger partial charge in [0.25, 0.3) is 5.91 Å². The Morgan fingerprint density at radius 2 is 2.00 bits per heavy atom. The van der Waals surface area contributed by atoms with Crippen LogP contribution >= 0.6 is 0 Å². The molecule has 1 atom stereocenters. The molecule has 4 nitrogen and oxygen atoms in total. The van der Waals surface area contributed by atoms with Gasteiger partial charge in [0.2, 0.25) is 0 Å². The van der Waals surface area contributed by atoms with Crippen LogP contribution in [0.15, 0.2) is 48.7 Å². The van der Waals surface area contributed by atoms with Crippen molar-refractivity contribution in [2.45, 2.75) is 13.0 Å². The maximum Gasteiger partial charge on any atom is 0.251 e. The SMILES string of the molecule is C[C@@H](NC(=O)c1ccc(C#N)cc1)c1ccccn1. The highest BCUT2D eigenvalue weighted by Crippen LogP contribution is 2.10. The number of carbonyl (C=O) groups is 1. The molecule has 0 saturated carbocycles. The first-order valence-corrected chi connectivity index (χ1v) is 5.92. The smallest absolute Gasteiger partial charge is 0.251 e. The number of pyridine rings is 1. The molecule has 0 radical (unpaired) electrons. The van der Waals surface area contributed by atoms with Gasteiger partial charge >= 0.3 is 0 Å². The summed E-state index contributed by atoms with van der Waals surface area (Å²) >= 11 is 0. The Morgan fingerprint density at radius 1 is 1.26 bits per heavy atom. The van der Waals surface area contributed by atoms with Crippen LogP contribution in [0.1, 0.15) is 34.6 Å². The van der Waals surface area contributed by atoms with Gasteiger partial charge in [-0.05, 0) is 43.3 Å². The maximum atomic E-state index is 12.0. The summed E-state index contributed by atoms with van der Waals surface area (Å²) in [5, 5.41) is 11.6. The van der Waals surface area contributed by atoms with Crippen LogP contribution in [0.25, 0.3) is 0 Å². The van der Waals surface area contributed by atoms with Crippen LogP contribution in [0.4, 0.5) is 0 Å². The number of rotatable bonds is 3. The third-order valence-electron chi connectivity index (χ3n) is 2.76. The molecule has 94 valence electrons. The van der Waals surface area contributed by atoms with Gasteiger partial charge in [0.05, 0.1) is 23.4 Å². The van der Waals surface area contributed by atoms with Gasteiger partial charge in [-0.1, -0.05) is 6.07 Å². The van der Waals surface area contributed by atoms with Crippen molar-refractivity contribution in [1.29, 1.82) is 5.26 Å². The summed E-state index contributed by atoms with van der Waals surface area (Å²) in [7, 11) is 0. The predicted octanol–water partition coefficient (Wildman–Crippen LogP) is 2.44. The molecule has 2 rings (SSSR count). The highest BCUT2D eigenvalue weighted by atomic mass is 16.1. The predicted molar refractivity (Wildman–Crippen MR) is 71.3 cm³/mol. The molecule has 1 N–H and O–H groups in total. The standard InChI is InChI=1S/C15H13N3O/c1-11(14-4-2-3-9-17-14)18-15(19)13-7-5-12(10-16)6-8-13/h2-9,11H,1H3,(H,18,19)/t11-/m1/s1. The molecular formula is C15H13N3O. The molecule has 0 saturated heterocycles. The molecule has 1 aromatic heterocycles. The van der Waals surface area contributed by atoms with Crippen LogP contribution in [0.2, 0.25) is 0 Å². The second-order valence-corrected chi connectivity index (χ2v) is 4.14. The van der Waals surface area contributed by atoms with Crippen molar-refractivity contribution in [3.63, 3.8) is 0 Å². The van der Waals surface area contributed by atoms with E-state index in [4.69, 9.17) is 5.26 Å². The van der Waals surface area contributed by atoms with Gasteiger partial charge in [0.15, 0.2) is 0 Å². The Kier molecular flexibility index (Phi) is 3.89. The van der Waals surface area contributed by atoms with Gasteiger partial charge in [-0.15, -0.1) is 0 Å². The number of amides is 1. The monoisotopic (exact) mass is 251 g/mol. The molecule has 1 heterocycles. The molecule has 0 spiro atoms. The first-order valence-electron chi connectivity index (χ1n) is 5.92. The zero-order chi connectivity index (χ0) is 13.7. The third-order valence-corrected chi connectivity index (χ3v) is 2.76. The molecule has 0 unspecified atom stereocenters. The topological polar surface area (TPSA) is 65.8 Å². The lowest BCUT2D eigenvalue weighted by molar-refractivity contribution is 0.0939. The number of benzene rings is 1. The van der Waals surface area contributed by atoms with Crippen molar-refractivity contribution in [2.24, 2.45) is 0 Å². The first-order chi connectivity index (χ1) is 9.20. The fraction of sp³-hybridized carbons (Fsp3) is 0.133. The zero-order valence-electron chi connectivity index (χ0n) is 10.5. The van der Waals surface area contributed by atoms with E-state index < -0.39 is 0 Å². The third kappa shape index (κ3) is 3.17. The lowest BCUT2D eigenvalue weighted by atomic mass is 10.1. The Morgan fingerprint density at radius 3 is 2.58 bits per heavy atom. The Hall–Kier alpha value is -2.67. The normalized spacial score (nSPS) is 11.4. The summed E-state index contributed by atoms with van der Waals surface area (Å²) in [6.07, 6.45) is 1.69. The van der Waals surface area contributed by atoms with E-state index in [-0.39, 0.29) is 11.9 Å². The second-order valence-electron chi connectivity index (χ2n) is 4.14. The fourth-order valence-corrected chi connectivity index (χ4v) is 1.68. The van der Waals surface area contributed by atoms with E-state index in [1.54, 1.807) is 30.5 Å². The van der Waals surface area contributed by atoms with Crippen molar-refractivity contribution in [3.05, 3.63) is 65.5 Å². The van der Waals surface area contributed by atoms with E-state index in [1.165, 1.54) is 0 Å². The van der Waals surface area contributed by atoms with E-state index >= 15 is 0 Å². The van der Waals surface area contributed by atoms with Crippen molar-refractivity contribution < 1.29 is 4.79 Å². The van der Waals surface area contributed by atoms with Crippen LogP contribution in [0, 0.1) is 11.3 Å². The van der Waals surface area contributed by atoms with Gasteiger partial charge in [0.1, 0.15) is 0 Å². The Labute approximate surface area is 111 Å². The molecule has 1 amide bonds. The fourth-order valence-electron chi connectivity index (χ4n) is 1.68. The maximum absolute atomic E-state index is 12.0. The lowest BCUT2D eigenvalue weighted by Gasteiger charge is -2.13. The summed E-state index contributed by atoms with van der Waals surface area (Å²) in [4.78, 5) is 16.2. The minimum atomic E-state index is -0.178. The minimum absolute atomic E-state index is 0.163. The largest absolute Gasteiger partial charge is 0.344 e. The van der Waals surface area contributed by atoms with Crippen LogP contribution in [-0.2, 0) is 0 Å². The van der Waals surface area contributed by atoms with Crippen molar-refractivity contribution in [2.75, 3.05) is 0 Å². The molecule has 0 bridgehead atoms. The average molecular weight is 251 g/mol. The number of hydrogen-bond donors (Lipinski definition) is 1. The molecule has 19 heavy (non-hydrogen) atoms. The summed E-state index contributed by atoms with van der Waals surface area (Å²) in [6.45, 7) is 1.88. The quantitative estimate of drug-likeness (QED) is 0.911. The van der Waals surface area contributed by atoms with Crippen molar-refractivity contribution in [1.82, 2.24) is 10.3 Å². The van der Waals surface area contributed by atoms with E-state index in [0.29, 0.717) is 11.1 Å². The van der Waals surface area contributed by atoms with Gasteiger partial charge in [0, 0.05) is 11.8 Å². The molecule has 1 aromatic carbocycles. The van der Waals surface area contributed by atoms with Gasteiger partial charge in [-0.25, -0.2) is 0 Å². The van der Waals surface area contributed by atoms with E-state index in [2.05, 4.69) is 10.3 Å². The Balaban J connectivity index is 2.06. The number of carbonyl (C=O) groups excluding carboxylic acids is 1. The molecule has 2 aromatic rings. The number of nitrogens with one attached hydrogen (secondary N) is 1. The molecule has 4 heteroatoms. The number of hydrogen-bond acceptors (Lipinski definition) is 3. The second kappa shape index (κ2) is 5.78. The molecular weight excluding hydrogens is 238 g/mol. The van der Waals surface area contributed by atoms with Crippen LogP contribution in [-0.4, -0.2) is 10.9 Å². The average Bonchev–Trinajstić information content (AvgIpc) is 2.48. The first kappa shape index (κ1) is 12.8. The molecule has 0 fully saturated rings. The highest BCUT2D eigenvalue weighted by molar-refractivity contribution is 5.94. The molecule has 0 aliphatic heterocycles. The van der Waals surface area contributed by atoms with Crippen LogP contribution in [0.5, 0.6) is 0 Å². The van der Waals surface area contributed by atoms with Crippen LogP contribution in [0.3, 0.4) is 0 Å². The van der Waals surface area contributed by atoms with Crippen molar-refractivity contribution in [3.8, 4) is 6.07 Å². The summed E-state index contributed by atoms with van der Waals surface area (Å²) in [5.41, 5.74) is 1.88. The number of nitriles is 1. The summed E-state index contributed by atoms with van der Waals surface area (Å²) in [5.74, 6) is -0.178. The van der Waals surface area contributed by atoms with E-state index in [0.717, 1.165) is 5.69 Å². The summed E-state index contributed by atoms with van der Waals surface area (Å²) < 4.78 is 0. The van der Waals surface area contributed by atoms with Gasteiger partial charge in [-0.2, -0.15) is 5.26 Å². The van der Waals surface area contributed by atoms with E-state index in [9.17, 15) is 4.79 Å². The Bertz CT molecular complexity index is 600. The number of aromatic nitrogens is 1. The number of nitrogens with zero attached hydrogens (tertiary/aromatic N) is 2. The van der Waals surface area contributed by atoms with E-state index in [1.807, 2.05) is 31.2 Å². The zero-order valence-corrected chi connectivity index (χ0v) is 10.5. The minimum Gasteiger partial charge on any atom is -0.344 e. The summed E-state index contributed by atoms with van der Waals surface area (Å²) in [6, 6.07) is 14.0. The lowest BCUT2D eigenvalue weighted by Crippen LogP contribution is -2.27. The van der Waals surface area contributed by atoms with Gasteiger partial charge < -0.3 is 5.32 Å².